The molecule has 2 aromatic rings. The van der Waals surface area contributed by atoms with Crippen molar-refractivity contribution in [1.82, 2.24) is 20.1 Å². The average molecular weight is 411 g/mol. The minimum absolute atomic E-state index is 0.00136. The van der Waals surface area contributed by atoms with E-state index < -0.39 is 0 Å². The van der Waals surface area contributed by atoms with Gasteiger partial charge in [0.2, 0.25) is 5.91 Å². The number of carbonyl (C=O) groups excluding carboxylic acids is 1. The zero-order valence-electron chi connectivity index (χ0n) is 14.0. The van der Waals surface area contributed by atoms with E-state index in [0.717, 1.165) is 28.2 Å². The topological polar surface area (TPSA) is 59.8 Å². The summed E-state index contributed by atoms with van der Waals surface area (Å²) in [6.45, 7) is 5.07. The first-order valence-corrected chi connectivity index (χ1v) is 9.93. The lowest BCUT2D eigenvalue weighted by Gasteiger charge is -2.14. The van der Waals surface area contributed by atoms with Gasteiger partial charge < -0.3 is 9.88 Å². The minimum Gasteiger partial charge on any atom is -0.349 e. The third-order valence-electron chi connectivity index (χ3n) is 3.66. The van der Waals surface area contributed by atoms with Crippen LogP contribution in [-0.2, 0) is 11.3 Å². The summed E-state index contributed by atoms with van der Waals surface area (Å²) in [4.78, 5) is 12.2. The highest BCUT2D eigenvalue weighted by Gasteiger charge is 2.12. The summed E-state index contributed by atoms with van der Waals surface area (Å²) in [6, 6.07) is 7.95. The zero-order chi connectivity index (χ0) is 17.4. The van der Waals surface area contributed by atoms with E-state index in [0.29, 0.717) is 5.75 Å². The number of hydrogen-bond donors (Lipinski definition) is 1. The van der Waals surface area contributed by atoms with Gasteiger partial charge in [-0.25, -0.2) is 0 Å². The normalized spacial score (nSPS) is 12.1. The van der Waals surface area contributed by atoms with Gasteiger partial charge in [0.25, 0.3) is 0 Å². The molecule has 0 aliphatic rings. The van der Waals surface area contributed by atoms with Crippen LogP contribution in [0.2, 0.25) is 0 Å². The van der Waals surface area contributed by atoms with Crippen LogP contribution < -0.4 is 5.32 Å². The van der Waals surface area contributed by atoms with E-state index >= 15 is 0 Å². The van der Waals surface area contributed by atoms with Crippen LogP contribution >= 0.6 is 27.7 Å². The van der Waals surface area contributed by atoms with Crippen molar-refractivity contribution in [3.8, 4) is 0 Å². The fourth-order valence-corrected chi connectivity index (χ4v) is 3.31. The first kappa shape index (κ1) is 19.0. The highest BCUT2D eigenvalue weighted by atomic mass is 79.9. The largest absolute Gasteiger partial charge is 0.349 e. The SMILES string of the molecule is CCCCCn1cnnc1SCC(=O)N[C@H](C)c1ccc(Br)cc1. The molecule has 7 heteroatoms. The Hall–Kier alpha value is -1.34. The Morgan fingerprint density at radius 2 is 2.08 bits per heavy atom. The molecule has 5 nitrogen and oxygen atoms in total. The summed E-state index contributed by atoms with van der Waals surface area (Å²) >= 11 is 4.84. The molecule has 0 fully saturated rings. The quantitative estimate of drug-likeness (QED) is 0.496. The summed E-state index contributed by atoms with van der Waals surface area (Å²) in [5.74, 6) is 0.339. The van der Waals surface area contributed by atoms with Crippen molar-refractivity contribution in [3.63, 3.8) is 0 Å². The molecule has 0 spiro atoms. The van der Waals surface area contributed by atoms with E-state index in [-0.39, 0.29) is 11.9 Å². The molecule has 0 aliphatic heterocycles. The Morgan fingerprint density at radius 3 is 2.79 bits per heavy atom. The number of nitrogens with zero attached hydrogens (tertiary/aromatic N) is 3. The van der Waals surface area contributed by atoms with Gasteiger partial charge in [0.05, 0.1) is 11.8 Å². The Bertz CT molecular complexity index is 644. The minimum atomic E-state index is -0.0198. The zero-order valence-corrected chi connectivity index (χ0v) is 16.4. The highest BCUT2D eigenvalue weighted by molar-refractivity contribution is 9.10. The van der Waals surface area contributed by atoms with E-state index in [2.05, 4.69) is 38.4 Å². The molecule has 0 saturated carbocycles. The molecule has 1 N–H and O–H groups in total. The lowest BCUT2D eigenvalue weighted by molar-refractivity contribution is -0.119. The number of aromatic nitrogens is 3. The maximum Gasteiger partial charge on any atom is 0.230 e. The van der Waals surface area contributed by atoms with Crippen molar-refractivity contribution in [3.05, 3.63) is 40.6 Å². The van der Waals surface area contributed by atoms with Crippen LogP contribution in [0.4, 0.5) is 0 Å². The molecule has 0 aliphatic carbocycles. The van der Waals surface area contributed by atoms with Gasteiger partial charge in [-0.3, -0.25) is 4.79 Å². The summed E-state index contributed by atoms with van der Waals surface area (Å²) in [5, 5.41) is 11.9. The number of nitrogens with one attached hydrogen (secondary N) is 1. The maximum absolute atomic E-state index is 12.2. The molecular formula is C17H23BrN4OS. The maximum atomic E-state index is 12.2. The van der Waals surface area contributed by atoms with Crippen molar-refractivity contribution in [1.29, 1.82) is 0 Å². The second kappa shape index (κ2) is 9.84. The van der Waals surface area contributed by atoms with Gasteiger partial charge in [-0.05, 0) is 31.0 Å². The number of thioether (sulfide) groups is 1. The monoisotopic (exact) mass is 410 g/mol. The lowest BCUT2D eigenvalue weighted by Crippen LogP contribution is -2.28. The van der Waals surface area contributed by atoms with Gasteiger partial charge in [-0.1, -0.05) is 59.6 Å². The molecule has 1 aromatic heterocycles. The fourth-order valence-electron chi connectivity index (χ4n) is 2.29. The van der Waals surface area contributed by atoms with Crippen molar-refractivity contribution in [2.75, 3.05) is 5.75 Å². The summed E-state index contributed by atoms with van der Waals surface area (Å²) in [6.07, 6.45) is 5.21. The summed E-state index contributed by atoms with van der Waals surface area (Å²) in [5.41, 5.74) is 1.08. The van der Waals surface area contributed by atoms with Crippen LogP contribution in [0.1, 0.15) is 44.7 Å². The standard InChI is InChI=1S/C17H23BrN4OS/c1-3-4-5-10-22-12-19-21-17(22)24-11-16(23)20-13(2)14-6-8-15(18)9-7-14/h6-9,12-13H,3-5,10-11H2,1-2H3,(H,20,23)/t13-/m1/s1. The summed E-state index contributed by atoms with van der Waals surface area (Å²) < 4.78 is 3.05. The third-order valence-corrected chi connectivity index (χ3v) is 5.17. The van der Waals surface area contributed by atoms with Crippen LogP contribution in [0.3, 0.4) is 0 Å². The average Bonchev–Trinajstić information content (AvgIpc) is 3.01. The predicted octanol–water partition coefficient (Wildman–Crippen LogP) is 4.20. The molecule has 0 saturated heterocycles. The van der Waals surface area contributed by atoms with Crippen LogP contribution in [0.25, 0.3) is 0 Å². The number of amides is 1. The number of rotatable bonds is 9. The fraction of sp³-hybridized carbons (Fsp3) is 0.471. The molecule has 1 atom stereocenters. The Morgan fingerprint density at radius 1 is 1.33 bits per heavy atom. The Labute approximate surface area is 155 Å². The van der Waals surface area contributed by atoms with E-state index in [1.165, 1.54) is 24.6 Å². The van der Waals surface area contributed by atoms with Gasteiger partial charge in [0, 0.05) is 11.0 Å². The number of unbranched alkanes of at least 4 members (excludes halogenated alkanes) is 2. The van der Waals surface area contributed by atoms with Crippen molar-refractivity contribution < 1.29 is 4.79 Å². The first-order chi connectivity index (χ1) is 11.6. The first-order valence-electron chi connectivity index (χ1n) is 8.15. The molecule has 0 radical (unpaired) electrons. The van der Waals surface area contributed by atoms with Crippen LogP contribution in [0, 0.1) is 0 Å². The van der Waals surface area contributed by atoms with E-state index in [1.54, 1.807) is 6.33 Å². The highest BCUT2D eigenvalue weighted by Crippen LogP contribution is 2.18. The van der Waals surface area contributed by atoms with Gasteiger partial charge >= 0.3 is 0 Å². The molecule has 24 heavy (non-hydrogen) atoms. The van der Waals surface area contributed by atoms with Crippen LogP contribution in [0.5, 0.6) is 0 Å². The van der Waals surface area contributed by atoms with Crippen LogP contribution in [-0.4, -0.2) is 26.4 Å². The van der Waals surface area contributed by atoms with Crippen molar-refractivity contribution >= 4 is 33.6 Å². The van der Waals surface area contributed by atoms with Gasteiger partial charge in [0.1, 0.15) is 6.33 Å². The Kier molecular flexibility index (Phi) is 7.78. The van der Waals surface area contributed by atoms with Crippen molar-refractivity contribution in [2.45, 2.75) is 50.9 Å². The van der Waals surface area contributed by atoms with Crippen LogP contribution in [0.15, 0.2) is 40.2 Å². The second-order valence-corrected chi connectivity index (χ2v) is 7.50. The lowest BCUT2D eigenvalue weighted by atomic mass is 10.1. The number of benzene rings is 1. The molecule has 0 unspecified atom stereocenters. The number of halogens is 1. The number of hydrogen-bond acceptors (Lipinski definition) is 4. The van der Waals surface area contributed by atoms with E-state index in [4.69, 9.17) is 0 Å². The molecule has 2 rings (SSSR count). The molecule has 130 valence electrons. The number of aryl methyl sites for hydroxylation is 1. The van der Waals surface area contributed by atoms with Gasteiger partial charge in [-0.2, -0.15) is 0 Å². The smallest absolute Gasteiger partial charge is 0.230 e. The van der Waals surface area contributed by atoms with Gasteiger partial charge in [0.15, 0.2) is 5.16 Å². The Balaban J connectivity index is 1.80. The third kappa shape index (κ3) is 5.94. The number of carbonyl (C=O) groups is 1. The van der Waals surface area contributed by atoms with E-state index in [1.807, 2.05) is 35.8 Å². The molecule has 1 aromatic carbocycles. The van der Waals surface area contributed by atoms with Gasteiger partial charge in [-0.15, -0.1) is 10.2 Å². The van der Waals surface area contributed by atoms with E-state index in [9.17, 15) is 4.79 Å². The molecular weight excluding hydrogens is 388 g/mol. The predicted molar refractivity (Wildman–Crippen MR) is 101 cm³/mol. The second-order valence-electron chi connectivity index (χ2n) is 5.64. The molecule has 0 bridgehead atoms. The van der Waals surface area contributed by atoms with Crippen molar-refractivity contribution in [2.24, 2.45) is 0 Å². The summed E-state index contributed by atoms with van der Waals surface area (Å²) in [7, 11) is 0. The molecule has 1 amide bonds. The molecule has 1 heterocycles.